The van der Waals surface area contributed by atoms with Crippen molar-refractivity contribution < 1.29 is 18.7 Å². The van der Waals surface area contributed by atoms with Crippen LogP contribution in [0.25, 0.3) is 0 Å². The molecule has 1 N–H and O–H groups in total. The summed E-state index contributed by atoms with van der Waals surface area (Å²) in [5, 5.41) is 11.8. The first kappa shape index (κ1) is 22.6. The van der Waals surface area contributed by atoms with Crippen LogP contribution in [-0.2, 0) is 11.3 Å². The first-order chi connectivity index (χ1) is 14.9. The Kier molecular flexibility index (Phi) is 7.51. The van der Waals surface area contributed by atoms with Crippen molar-refractivity contribution in [2.24, 2.45) is 0 Å². The van der Waals surface area contributed by atoms with Gasteiger partial charge in [-0.2, -0.15) is 0 Å². The van der Waals surface area contributed by atoms with Gasteiger partial charge in [0.1, 0.15) is 17.3 Å². The molecule has 2 aromatic carbocycles. The Labute approximate surface area is 185 Å². The summed E-state index contributed by atoms with van der Waals surface area (Å²) >= 11 is 1.27. The number of anilines is 1. The first-order valence-corrected chi connectivity index (χ1v) is 10.8. The number of hydrogen-bond acceptors (Lipinski definition) is 6. The van der Waals surface area contributed by atoms with Gasteiger partial charge in [0, 0.05) is 18.3 Å². The second-order valence-electron chi connectivity index (χ2n) is 6.82. The largest absolute Gasteiger partial charge is 0.497 e. The fraction of sp³-hybridized carbons (Fsp3) is 0.318. The van der Waals surface area contributed by atoms with Gasteiger partial charge in [-0.1, -0.05) is 23.9 Å². The number of hydrogen-bond donors (Lipinski definition) is 1. The van der Waals surface area contributed by atoms with Crippen molar-refractivity contribution in [3.8, 4) is 11.5 Å². The van der Waals surface area contributed by atoms with E-state index >= 15 is 0 Å². The number of nitrogens with zero attached hydrogens (tertiary/aromatic N) is 3. The van der Waals surface area contributed by atoms with Crippen molar-refractivity contribution in [2.75, 3.05) is 18.2 Å². The van der Waals surface area contributed by atoms with Gasteiger partial charge in [-0.3, -0.25) is 4.79 Å². The molecule has 9 heteroatoms. The Morgan fingerprint density at radius 3 is 2.74 bits per heavy atom. The first-order valence-electron chi connectivity index (χ1n) is 9.83. The third kappa shape index (κ3) is 5.75. The minimum Gasteiger partial charge on any atom is -0.497 e. The van der Waals surface area contributed by atoms with E-state index in [0.717, 1.165) is 5.56 Å². The lowest BCUT2D eigenvalue weighted by Gasteiger charge is -2.16. The van der Waals surface area contributed by atoms with Gasteiger partial charge in [-0.15, -0.1) is 10.2 Å². The number of rotatable bonds is 9. The number of nitrogens with one attached hydrogen (secondary N) is 1. The van der Waals surface area contributed by atoms with Gasteiger partial charge in [0.05, 0.1) is 12.9 Å². The van der Waals surface area contributed by atoms with E-state index in [1.807, 2.05) is 43.5 Å². The fourth-order valence-corrected chi connectivity index (χ4v) is 3.79. The van der Waals surface area contributed by atoms with E-state index < -0.39 is 5.82 Å². The monoisotopic (exact) mass is 444 g/mol. The number of aryl methyl sites for hydroxylation is 1. The molecular formula is C22H25FN4O3S. The molecule has 1 aromatic heterocycles. The zero-order valence-electron chi connectivity index (χ0n) is 17.9. The van der Waals surface area contributed by atoms with Crippen LogP contribution in [-0.4, -0.2) is 33.5 Å². The zero-order valence-corrected chi connectivity index (χ0v) is 18.7. The third-order valence-electron chi connectivity index (χ3n) is 4.59. The second-order valence-corrected chi connectivity index (χ2v) is 7.76. The number of carbonyl (C=O) groups is 1. The van der Waals surface area contributed by atoms with E-state index in [9.17, 15) is 9.18 Å². The van der Waals surface area contributed by atoms with Crippen molar-refractivity contribution in [3.63, 3.8) is 0 Å². The average Bonchev–Trinajstić information content (AvgIpc) is 3.18. The Hall–Kier alpha value is -3.07. The highest BCUT2D eigenvalue weighted by Crippen LogP contribution is 2.27. The molecule has 0 aliphatic heterocycles. The van der Waals surface area contributed by atoms with E-state index in [4.69, 9.17) is 9.47 Å². The summed E-state index contributed by atoms with van der Waals surface area (Å²) in [5.41, 5.74) is 1.26. The third-order valence-corrected chi connectivity index (χ3v) is 5.55. The molecule has 3 aromatic rings. The van der Waals surface area contributed by atoms with Crippen LogP contribution >= 0.6 is 11.8 Å². The summed E-state index contributed by atoms with van der Waals surface area (Å²) in [7, 11) is 1.60. The van der Waals surface area contributed by atoms with Crippen LogP contribution in [0.2, 0.25) is 0 Å². The molecule has 1 atom stereocenters. The fourth-order valence-electron chi connectivity index (χ4n) is 2.98. The summed E-state index contributed by atoms with van der Waals surface area (Å²) in [5.74, 6) is 1.52. The van der Waals surface area contributed by atoms with E-state index in [0.29, 0.717) is 34.7 Å². The molecule has 7 nitrogen and oxygen atoms in total. The number of halogens is 1. The predicted molar refractivity (Wildman–Crippen MR) is 118 cm³/mol. The molecule has 0 aliphatic carbocycles. The predicted octanol–water partition coefficient (Wildman–Crippen LogP) is 4.62. The lowest BCUT2D eigenvalue weighted by molar-refractivity contribution is -0.113. The summed E-state index contributed by atoms with van der Waals surface area (Å²) in [6.45, 7) is 6.31. The minimum absolute atomic E-state index is 0.124. The number of carbonyl (C=O) groups excluding carboxylic acids is 1. The van der Waals surface area contributed by atoms with Crippen LogP contribution in [0, 0.1) is 12.7 Å². The van der Waals surface area contributed by atoms with Gasteiger partial charge in [0.25, 0.3) is 0 Å². The van der Waals surface area contributed by atoms with Gasteiger partial charge >= 0.3 is 0 Å². The molecule has 1 heterocycles. The van der Waals surface area contributed by atoms with Crippen LogP contribution in [0.4, 0.5) is 10.1 Å². The summed E-state index contributed by atoms with van der Waals surface area (Å²) in [6.07, 6.45) is -0.349. The van der Waals surface area contributed by atoms with Crippen LogP contribution in [0.3, 0.4) is 0 Å². The standard InChI is InChI=1S/C22H25FN4O3S/c1-5-27-21(15(3)30-18-8-6-7-17(12-18)29-4)25-26-22(27)31-13-20(28)24-19-11-16(23)10-9-14(19)2/h6-12,15H,5,13H2,1-4H3,(H,24,28). The molecule has 164 valence electrons. The summed E-state index contributed by atoms with van der Waals surface area (Å²) in [4.78, 5) is 12.3. The molecular weight excluding hydrogens is 419 g/mol. The van der Waals surface area contributed by atoms with Crippen LogP contribution in [0.5, 0.6) is 11.5 Å². The molecule has 1 amide bonds. The lowest BCUT2D eigenvalue weighted by Crippen LogP contribution is -2.16. The van der Waals surface area contributed by atoms with Gasteiger partial charge in [-0.05, 0) is 50.6 Å². The molecule has 3 rings (SSSR count). The molecule has 0 fully saturated rings. The van der Waals surface area contributed by atoms with Crippen molar-refractivity contribution in [1.82, 2.24) is 14.8 Å². The average molecular weight is 445 g/mol. The smallest absolute Gasteiger partial charge is 0.234 e. The quantitative estimate of drug-likeness (QED) is 0.485. The number of thioether (sulfide) groups is 1. The minimum atomic E-state index is -0.394. The summed E-state index contributed by atoms with van der Waals surface area (Å²) in [6, 6.07) is 11.6. The molecule has 1 unspecified atom stereocenters. The van der Waals surface area contributed by atoms with Crippen molar-refractivity contribution in [1.29, 1.82) is 0 Å². The number of methoxy groups -OCH3 is 1. The highest BCUT2D eigenvalue weighted by Gasteiger charge is 2.20. The molecule has 0 saturated heterocycles. The highest BCUT2D eigenvalue weighted by atomic mass is 32.2. The molecule has 0 saturated carbocycles. The van der Waals surface area contributed by atoms with Gasteiger partial charge < -0.3 is 19.4 Å². The maximum Gasteiger partial charge on any atom is 0.234 e. The van der Waals surface area contributed by atoms with E-state index in [1.54, 1.807) is 19.2 Å². The Balaban J connectivity index is 1.65. The molecule has 0 bridgehead atoms. The van der Waals surface area contributed by atoms with Crippen molar-refractivity contribution in [3.05, 3.63) is 59.7 Å². The summed E-state index contributed by atoms with van der Waals surface area (Å²) < 4.78 is 26.6. The number of amides is 1. The maximum atomic E-state index is 13.4. The molecule has 0 radical (unpaired) electrons. The Morgan fingerprint density at radius 1 is 1.23 bits per heavy atom. The lowest BCUT2D eigenvalue weighted by atomic mass is 10.2. The molecule has 0 spiro atoms. The Bertz CT molecular complexity index is 1060. The molecule has 0 aliphatic rings. The molecule has 31 heavy (non-hydrogen) atoms. The van der Waals surface area contributed by atoms with Crippen LogP contribution < -0.4 is 14.8 Å². The maximum absolute atomic E-state index is 13.4. The Morgan fingerprint density at radius 2 is 2.00 bits per heavy atom. The SMILES string of the molecule is CCn1c(SCC(=O)Nc2cc(F)ccc2C)nnc1C(C)Oc1cccc(OC)c1. The highest BCUT2D eigenvalue weighted by molar-refractivity contribution is 7.99. The van der Waals surface area contributed by atoms with Gasteiger partial charge in [-0.25, -0.2) is 4.39 Å². The van der Waals surface area contributed by atoms with Gasteiger partial charge in [0.15, 0.2) is 17.1 Å². The second kappa shape index (κ2) is 10.3. The number of ether oxygens (including phenoxy) is 2. The van der Waals surface area contributed by atoms with Crippen LogP contribution in [0.1, 0.15) is 31.3 Å². The number of aromatic nitrogens is 3. The normalized spacial score (nSPS) is 11.8. The van der Waals surface area contributed by atoms with Crippen molar-refractivity contribution >= 4 is 23.4 Å². The van der Waals surface area contributed by atoms with Crippen molar-refractivity contribution in [2.45, 2.75) is 38.6 Å². The topological polar surface area (TPSA) is 78.3 Å². The zero-order chi connectivity index (χ0) is 22.4. The van der Waals surface area contributed by atoms with Gasteiger partial charge in [0.2, 0.25) is 5.91 Å². The van der Waals surface area contributed by atoms with E-state index in [-0.39, 0.29) is 17.8 Å². The van der Waals surface area contributed by atoms with E-state index in [1.165, 1.54) is 23.9 Å². The number of benzene rings is 2. The van der Waals surface area contributed by atoms with E-state index in [2.05, 4.69) is 15.5 Å². The van der Waals surface area contributed by atoms with Crippen LogP contribution in [0.15, 0.2) is 47.6 Å².